The zero-order valence-electron chi connectivity index (χ0n) is 50.3. The van der Waals surface area contributed by atoms with Crippen LogP contribution in [0.4, 0.5) is 4.39 Å². The summed E-state index contributed by atoms with van der Waals surface area (Å²) >= 11 is 2.81. The number of nitrogens with one attached hydrogen (secondary N) is 10. The Morgan fingerprint density at radius 3 is 2.15 bits per heavy atom. The van der Waals surface area contributed by atoms with Gasteiger partial charge in [-0.3, -0.25) is 52.7 Å². The SMILES string of the molecule is CC1(C)NC(=O)[C@H](Cc2c[nH]c3ccc(F)cc23)NC(=O)CNC(=O)[C@H](CCCCN)NC(=O)CCSCc2cccc(c2)CSC[C@@H](C(N)=O)NC(=O)[C@@H]2CCCN2C(=O)[C@H](Cc2ccc(O)cc2)NC(=O)[C@H](Cc2cnc[nH]2)NC(=O)[C@H](CC(=O)O)NC1=O. The van der Waals surface area contributed by atoms with Gasteiger partial charge in [-0.1, -0.05) is 36.4 Å². The van der Waals surface area contributed by atoms with Gasteiger partial charge in [0.1, 0.15) is 59.4 Å². The monoisotopic (exact) mass is 1300 g/mol. The van der Waals surface area contributed by atoms with Crippen molar-refractivity contribution in [2.75, 3.05) is 31.1 Å². The van der Waals surface area contributed by atoms with Crippen molar-refractivity contribution >= 4 is 99.5 Å². The number of nitrogens with zero attached hydrogens (tertiary/aromatic N) is 2. The van der Waals surface area contributed by atoms with E-state index in [4.69, 9.17) is 11.5 Å². The average Bonchev–Trinajstić information content (AvgIpc) is 1.79. The summed E-state index contributed by atoms with van der Waals surface area (Å²) in [5.41, 5.74) is 13.0. The van der Waals surface area contributed by atoms with Crippen molar-refractivity contribution in [2.24, 2.45) is 11.5 Å². The van der Waals surface area contributed by atoms with Crippen LogP contribution in [0.5, 0.6) is 5.75 Å². The smallest absolute Gasteiger partial charge is 0.305 e. The first-order valence-corrected chi connectivity index (χ1v) is 31.9. The van der Waals surface area contributed by atoms with Crippen LogP contribution in [0.15, 0.2) is 85.5 Å². The van der Waals surface area contributed by atoms with Gasteiger partial charge in [0.05, 0.1) is 19.3 Å². The minimum Gasteiger partial charge on any atom is -0.508 e. The highest BCUT2D eigenvalue weighted by Crippen LogP contribution is 2.25. The van der Waals surface area contributed by atoms with Gasteiger partial charge in [-0.15, -0.1) is 0 Å². The van der Waals surface area contributed by atoms with E-state index in [0.717, 1.165) is 11.1 Å². The second-order valence-corrected chi connectivity index (χ2v) is 24.9. The number of rotatable bonds is 13. The Morgan fingerprint density at radius 2 is 1.45 bits per heavy atom. The number of amides is 10. The normalized spacial score (nSPS) is 22.8. The van der Waals surface area contributed by atoms with E-state index in [1.807, 2.05) is 24.3 Å². The van der Waals surface area contributed by atoms with Crippen molar-refractivity contribution in [3.05, 3.63) is 119 Å². The number of aromatic amines is 2. The van der Waals surface area contributed by atoms with Gasteiger partial charge in [0.2, 0.25) is 59.1 Å². The Morgan fingerprint density at radius 1 is 0.747 bits per heavy atom. The molecule has 0 saturated carbocycles. The van der Waals surface area contributed by atoms with Gasteiger partial charge in [-0.25, -0.2) is 9.37 Å². The number of halogens is 1. The first kappa shape index (κ1) is 69.4. The number of hydrogen-bond acceptors (Lipinski definition) is 16. The van der Waals surface area contributed by atoms with Gasteiger partial charge in [-0.05, 0) is 105 Å². The summed E-state index contributed by atoms with van der Waals surface area (Å²) in [6.07, 6.45) is 4.00. The highest BCUT2D eigenvalue weighted by Gasteiger charge is 2.41. The van der Waals surface area contributed by atoms with E-state index < -0.39 is 132 Å². The lowest BCUT2D eigenvalue weighted by atomic mass is 9.99. The zero-order valence-corrected chi connectivity index (χ0v) is 51.9. The van der Waals surface area contributed by atoms with Gasteiger partial charge < -0.3 is 79.1 Å². The molecule has 488 valence electrons. The van der Waals surface area contributed by atoms with E-state index in [0.29, 0.717) is 70.8 Å². The molecule has 4 heterocycles. The predicted octanol–water partition coefficient (Wildman–Crippen LogP) is 0.334. The summed E-state index contributed by atoms with van der Waals surface area (Å²) in [6, 6.07) is 7.44. The number of unbranched alkanes of at least 4 members (excludes halogenated alkanes) is 1. The molecule has 1 saturated heterocycles. The van der Waals surface area contributed by atoms with Crippen LogP contribution in [0.25, 0.3) is 10.9 Å². The van der Waals surface area contributed by atoms with Crippen LogP contribution in [0, 0.1) is 5.82 Å². The maximum absolute atomic E-state index is 14.9. The van der Waals surface area contributed by atoms with E-state index in [9.17, 15) is 67.3 Å². The average molecular weight is 1300 g/mol. The number of phenolic OH excluding ortho intramolecular Hbond substituents is 1. The van der Waals surface area contributed by atoms with E-state index >= 15 is 0 Å². The summed E-state index contributed by atoms with van der Waals surface area (Å²) in [6.45, 7) is 2.16. The van der Waals surface area contributed by atoms with Crippen molar-refractivity contribution in [1.29, 1.82) is 0 Å². The lowest BCUT2D eigenvalue weighted by Gasteiger charge is -2.31. The van der Waals surface area contributed by atoms with Crippen molar-refractivity contribution in [3.63, 3.8) is 0 Å². The number of aromatic nitrogens is 3. The van der Waals surface area contributed by atoms with Crippen LogP contribution >= 0.6 is 23.5 Å². The lowest BCUT2D eigenvalue weighted by Crippen LogP contribution is -2.63. The number of aromatic hydroxyl groups is 1. The van der Waals surface area contributed by atoms with Gasteiger partial charge in [0, 0.05) is 84.2 Å². The number of hydrogen-bond donors (Lipinski definition) is 14. The molecule has 10 amide bonds. The number of nitrogens with two attached hydrogens (primary N) is 2. The third-order valence-corrected chi connectivity index (χ3v) is 17.4. The quantitative estimate of drug-likeness (QED) is 0.0707. The van der Waals surface area contributed by atoms with E-state index in [2.05, 4.69) is 57.5 Å². The molecule has 0 spiro atoms. The van der Waals surface area contributed by atoms with E-state index in [1.54, 1.807) is 0 Å². The highest BCUT2D eigenvalue weighted by atomic mass is 32.2. The Kier molecular flexibility index (Phi) is 25.3. The lowest BCUT2D eigenvalue weighted by molar-refractivity contribution is -0.143. The fraction of sp³-hybridized carbons (Fsp3) is 0.443. The molecule has 2 aliphatic rings. The molecule has 0 unspecified atom stereocenters. The number of carbonyl (C=O) groups is 11. The van der Waals surface area contributed by atoms with Gasteiger partial charge in [0.25, 0.3) is 0 Å². The van der Waals surface area contributed by atoms with Gasteiger partial charge >= 0.3 is 5.97 Å². The second kappa shape index (κ2) is 33.2. The molecule has 2 bridgehead atoms. The summed E-state index contributed by atoms with van der Waals surface area (Å²) in [5, 5.41) is 41.3. The molecule has 7 rings (SSSR count). The Labute approximate surface area is 531 Å². The van der Waals surface area contributed by atoms with Gasteiger partial charge in [0.15, 0.2) is 0 Å². The number of fused-ring (bicyclic) bond motifs is 4. The van der Waals surface area contributed by atoms with Crippen molar-refractivity contribution in [2.45, 2.75) is 137 Å². The van der Waals surface area contributed by atoms with E-state index in [1.165, 1.54) is 103 Å². The van der Waals surface area contributed by atoms with Crippen LogP contribution in [-0.4, -0.2) is 174 Å². The third-order valence-electron chi connectivity index (χ3n) is 15.2. The summed E-state index contributed by atoms with van der Waals surface area (Å²) in [7, 11) is 0. The third kappa shape index (κ3) is 20.8. The molecule has 0 aliphatic carbocycles. The predicted molar refractivity (Wildman–Crippen MR) is 335 cm³/mol. The molecule has 3 aromatic carbocycles. The molecule has 2 aromatic heterocycles. The minimum atomic E-state index is -2.01. The number of H-pyrrole nitrogens is 2. The standard InChI is InChI=1S/C61H77FN14O13S2/c1-61(2)60(89)74-46(26-52(80)81)56(85)71-45(25-39-28-65-33-68-39)55(84)72-47(22-34-11-14-40(77)15-12-34)59(88)76-19-6-10-49(76)58(87)73-48(53(64)82)32-91-31-36-8-5-7-35(21-36)30-90-20-17-50(78)69-43(9-3-4-18-63)54(83)67-29-51(79)70-44(57(86)75-61)23-37-27-66-42-16-13-38(62)24-41(37)42/h5,7-8,11-16,21,24,27-28,33,43-49,66,77H,3-4,6,9-10,17-20,22-23,25-26,29-32,63H2,1-2H3,(H2,64,82)(H,65,68)(H,67,83)(H,69,78)(H,70,79)(H,71,85)(H,72,84)(H,73,87)(H,74,89)(H,75,86)(H,80,81)/t43-,44-,45-,46-,47-,48-,49-/m0/s1. The summed E-state index contributed by atoms with van der Waals surface area (Å²) in [5.74, 6) is -9.35. The molecule has 1 fully saturated rings. The minimum absolute atomic E-state index is 0.0365. The Balaban J connectivity index is 1.18. The molecule has 7 atom stereocenters. The number of benzene rings is 3. The molecule has 30 heteroatoms. The van der Waals surface area contributed by atoms with Crippen LogP contribution in [0.1, 0.15) is 86.7 Å². The Bertz CT molecular complexity index is 3430. The molecular formula is C61H77FN14O13S2. The van der Waals surface area contributed by atoms with Crippen LogP contribution in [0.2, 0.25) is 0 Å². The molecular weight excluding hydrogens is 1220 g/mol. The number of imidazole rings is 1. The number of carboxylic acid groups (broad SMARTS) is 1. The van der Waals surface area contributed by atoms with Crippen molar-refractivity contribution in [1.82, 2.24) is 62.4 Å². The number of carboxylic acids is 1. The first-order chi connectivity index (χ1) is 43.5. The molecule has 16 N–H and O–H groups in total. The first-order valence-electron chi connectivity index (χ1n) is 29.6. The molecule has 2 aliphatic heterocycles. The Hall–Kier alpha value is -9.03. The second-order valence-electron chi connectivity index (χ2n) is 22.8. The number of phenols is 1. The van der Waals surface area contributed by atoms with E-state index in [-0.39, 0.29) is 56.6 Å². The number of aliphatic carboxylic acids is 1. The van der Waals surface area contributed by atoms with Crippen molar-refractivity contribution in [3.8, 4) is 5.75 Å². The van der Waals surface area contributed by atoms with Gasteiger partial charge in [-0.2, -0.15) is 23.5 Å². The fourth-order valence-electron chi connectivity index (χ4n) is 10.3. The topological polar surface area (TPSA) is 424 Å². The number of carbonyl (C=O) groups excluding carboxylic acids is 10. The van der Waals surface area contributed by atoms with Crippen LogP contribution in [0.3, 0.4) is 0 Å². The molecule has 5 aromatic rings. The largest absolute Gasteiger partial charge is 0.508 e. The summed E-state index contributed by atoms with van der Waals surface area (Å²) in [4.78, 5) is 164. The van der Waals surface area contributed by atoms with Crippen LogP contribution in [-0.2, 0) is 83.5 Å². The highest BCUT2D eigenvalue weighted by molar-refractivity contribution is 7.98. The van der Waals surface area contributed by atoms with Crippen molar-refractivity contribution < 1.29 is 67.3 Å². The maximum atomic E-state index is 14.9. The molecule has 91 heavy (non-hydrogen) atoms. The summed E-state index contributed by atoms with van der Waals surface area (Å²) < 4.78 is 14.6. The van der Waals surface area contributed by atoms with Crippen LogP contribution < -0.4 is 54.0 Å². The number of primary amides is 1. The molecule has 0 radical (unpaired) electrons. The fourth-order valence-corrected chi connectivity index (χ4v) is 12.3. The maximum Gasteiger partial charge on any atom is 0.305 e. The molecule has 27 nitrogen and oxygen atoms in total. The number of thioether (sulfide) groups is 2. The zero-order chi connectivity index (χ0) is 65.8.